The molecule has 0 saturated carbocycles. The lowest BCUT2D eigenvalue weighted by Gasteiger charge is -2.02. The Morgan fingerprint density at radius 3 is 2.64 bits per heavy atom. The van der Waals surface area contributed by atoms with Crippen LogP contribution >= 0.6 is 0 Å². The standard InChI is InChI=1S/C18H14N2O2/c21-17-3-1-2-15(12-17)18(22)9-6-14-4-7-16(8-5-14)20-11-10-19-13-20/h1-13,21H/b9-6+. The number of nitrogens with zero attached hydrogens (tertiary/aromatic N) is 2. The van der Waals surface area contributed by atoms with Gasteiger partial charge >= 0.3 is 0 Å². The summed E-state index contributed by atoms with van der Waals surface area (Å²) in [5, 5.41) is 9.38. The zero-order valence-corrected chi connectivity index (χ0v) is 11.8. The van der Waals surface area contributed by atoms with Crippen LogP contribution in [0.15, 0.2) is 73.3 Å². The molecule has 2 aromatic carbocycles. The number of allylic oxidation sites excluding steroid dienone is 1. The molecule has 0 fully saturated rings. The minimum Gasteiger partial charge on any atom is -0.508 e. The summed E-state index contributed by atoms with van der Waals surface area (Å²) in [6.07, 6.45) is 8.58. The smallest absolute Gasteiger partial charge is 0.185 e. The van der Waals surface area contributed by atoms with Crippen molar-refractivity contribution in [3.8, 4) is 11.4 Å². The van der Waals surface area contributed by atoms with E-state index in [1.807, 2.05) is 35.0 Å². The molecule has 3 aromatic rings. The number of hydrogen-bond acceptors (Lipinski definition) is 3. The number of imidazole rings is 1. The van der Waals surface area contributed by atoms with Crippen LogP contribution in [0.25, 0.3) is 11.8 Å². The first kappa shape index (κ1) is 13.8. The van der Waals surface area contributed by atoms with Crippen molar-refractivity contribution in [3.05, 3.63) is 84.5 Å². The largest absolute Gasteiger partial charge is 0.508 e. The Bertz CT molecular complexity index is 803. The average Bonchev–Trinajstić information content (AvgIpc) is 3.07. The summed E-state index contributed by atoms with van der Waals surface area (Å²) in [5.74, 6) is -0.0569. The van der Waals surface area contributed by atoms with E-state index in [0.717, 1.165) is 11.3 Å². The summed E-state index contributed by atoms with van der Waals surface area (Å²) < 4.78 is 1.91. The number of carbonyl (C=O) groups excluding carboxylic acids is 1. The van der Waals surface area contributed by atoms with Crippen molar-refractivity contribution in [2.45, 2.75) is 0 Å². The number of carbonyl (C=O) groups is 1. The van der Waals surface area contributed by atoms with Crippen molar-refractivity contribution in [1.29, 1.82) is 0 Å². The van der Waals surface area contributed by atoms with E-state index in [4.69, 9.17) is 0 Å². The van der Waals surface area contributed by atoms with Gasteiger partial charge in [0.1, 0.15) is 5.75 Å². The third-order valence-corrected chi connectivity index (χ3v) is 3.25. The highest BCUT2D eigenvalue weighted by atomic mass is 16.3. The Hall–Kier alpha value is -3.14. The second-order valence-corrected chi connectivity index (χ2v) is 4.81. The van der Waals surface area contributed by atoms with Crippen molar-refractivity contribution < 1.29 is 9.90 Å². The summed E-state index contributed by atoms with van der Waals surface area (Å²) in [6.45, 7) is 0. The number of aromatic nitrogens is 2. The molecule has 22 heavy (non-hydrogen) atoms. The van der Waals surface area contributed by atoms with Gasteiger partial charge in [0, 0.05) is 23.6 Å². The number of rotatable bonds is 4. The second kappa shape index (κ2) is 6.10. The van der Waals surface area contributed by atoms with Crippen molar-refractivity contribution >= 4 is 11.9 Å². The molecule has 4 heteroatoms. The predicted molar refractivity (Wildman–Crippen MR) is 85.0 cm³/mol. The van der Waals surface area contributed by atoms with Crippen LogP contribution in [0.1, 0.15) is 15.9 Å². The third kappa shape index (κ3) is 3.12. The monoisotopic (exact) mass is 290 g/mol. The van der Waals surface area contributed by atoms with Crippen molar-refractivity contribution in [3.63, 3.8) is 0 Å². The molecule has 1 heterocycles. The summed E-state index contributed by atoms with van der Waals surface area (Å²) in [5.41, 5.74) is 2.40. The fourth-order valence-electron chi connectivity index (χ4n) is 2.10. The van der Waals surface area contributed by atoms with Crippen LogP contribution < -0.4 is 0 Å². The molecule has 0 aliphatic rings. The Balaban J connectivity index is 1.74. The summed E-state index contributed by atoms with van der Waals surface area (Å²) in [7, 11) is 0. The second-order valence-electron chi connectivity index (χ2n) is 4.81. The first-order valence-corrected chi connectivity index (χ1v) is 6.82. The lowest BCUT2D eigenvalue weighted by Crippen LogP contribution is -1.93. The summed E-state index contributed by atoms with van der Waals surface area (Å²) in [6, 6.07) is 14.1. The van der Waals surface area contributed by atoms with E-state index < -0.39 is 0 Å². The molecular formula is C18H14N2O2. The number of aromatic hydroxyl groups is 1. The van der Waals surface area contributed by atoms with Gasteiger partial charge in [0.2, 0.25) is 0 Å². The Morgan fingerprint density at radius 2 is 1.95 bits per heavy atom. The first-order chi connectivity index (χ1) is 10.7. The van der Waals surface area contributed by atoms with E-state index in [1.54, 1.807) is 30.7 Å². The SMILES string of the molecule is O=C(/C=C/c1ccc(-n2ccnc2)cc1)c1cccc(O)c1. The quantitative estimate of drug-likeness (QED) is 0.591. The minimum absolute atomic E-state index is 0.0870. The number of ketones is 1. The molecular weight excluding hydrogens is 276 g/mol. The van der Waals surface area contributed by atoms with Gasteiger partial charge in [-0.15, -0.1) is 0 Å². The van der Waals surface area contributed by atoms with E-state index in [0.29, 0.717) is 5.56 Å². The molecule has 1 N–H and O–H groups in total. The van der Waals surface area contributed by atoms with Gasteiger partial charge in [-0.1, -0.05) is 30.3 Å². The van der Waals surface area contributed by atoms with Gasteiger partial charge in [-0.2, -0.15) is 0 Å². The average molecular weight is 290 g/mol. The fourth-order valence-corrected chi connectivity index (χ4v) is 2.10. The van der Waals surface area contributed by atoms with Crippen LogP contribution in [0.3, 0.4) is 0 Å². The maximum absolute atomic E-state index is 12.0. The first-order valence-electron chi connectivity index (χ1n) is 6.82. The van der Waals surface area contributed by atoms with Gasteiger partial charge in [0.15, 0.2) is 5.78 Å². The predicted octanol–water partition coefficient (Wildman–Crippen LogP) is 3.47. The lowest BCUT2D eigenvalue weighted by molar-refractivity contribution is 0.104. The lowest BCUT2D eigenvalue weighted by atomic mass is 10.1. The number of hydrogen-bond donors (Lipinski definition) is 1. The molecule has 0 atom stereocenters. The molecule has 0 spiro atoms. The Labute approximate surface area is 128 Å². The topological polar surface area (TPSA) is 55.1 Å². The van der Waals surface area contributed by atoms with Crippen molar-refractivity contribution in [1.82, 2.24) is 9.55 Å². The van der Waals surface area contributed by atoms with E-state index in [9.17, 15) is 9.90 Å². The van der Waals surface area contributed by atoms with Gasteiger partial charge in [-0.3, -0.25) is 4.79 Å². The Kier molecular flexibility index (Phi) is 3.83. The molecule has 0 saturated heterocycles. The molecule has 1 aromatic heterocycles. The number of benzene rings is 2. The van der Waals surface area contributed by atoms with E-state index in [-0.39, 0.29) is 11.5 Å². The molecule has 0 bridgehead atoms. The van der Waals surface area contributed by atoms with Crippen LogP contribution in [-0.4, -0.2) is 20.4 Å². The van der Waals surface area contributed by atoms with Gasteiger partial charge in [-0.05, 0) is 35.9 Å². The van der Waals surface area contributed by atoms with Gasteiger partial charge in [0.25, 0.3) is 0 Å². The van der Waals surface area contributed by atoms with Crippen molar-refractivity contribution in [2.75, 3.05) is 0 Å². The molecule has 108 valence electrons. The van der Waals surface area contributed by atoms with E-state index in [1.165, 1.54) is 18.2 Å². The highest BCUT2D eigenvalue weighted by Gasteiger charge is 2.02. The molecule has 0 amide bonds. The van der Waals surface area contributed by atoms with Crippen LogP contribution in [0, 0.1) is 0 Å². The Morgan fingerprint density at radius 1 is 1.14 bits per heavy atom. The van der Waals surface area contributed by atoms with Crippen LogP contribution in [0.4, 0.5) is 0 Å². The zero-order chi connectivity index (χ0) is 15.4. The normalized spacial score (nSPS) is 10.9. The maximum atomic E-state index is 12.0. The van der Waals surface area contributed by atoms with Crippen LogP contribution in [-0.2, 0) is 0 Å². The molecule has 4 nitrogen and oxygen atoms in total. The molecule has 0 aliphatic carbocycles. The van der Waals surface area contributed by atoms with Gasteiger partial charge < -0.3 is 9.67 Å². The van der Waals surface area contributed by atoms with Crippen LogP contribution in [0.5, 0.6) is 5.75 Å². The van der Waals surface area contributed by atoms with Gasteiger partial charge in [0.05, 0.1) is 6.33 Å². The highest BCUT2D eigenvalue weighted by molar-refractivity contribution is 6.07. The molecule has 0 aliphatic heterocycles. The minimum atomic E-state index is -0.144. The molecule has 0 radical (unpaired) electrons. The number of phenols is 1. The molecule has 3 rings (SSSR count). The van der Waals surface area contributed by atoms with Gasteiger partial charge in [-0.25, -0.2) is 4.98 Å². The molecule has 0 unspecified atom stereocenters. The highest BCUT2D eigenvalue weighted by Crippen LogP contribution is 2.14. The van der Waals surface area contributed by atoms with E-state index >= 15 is 0 Å². The summed E-state index contributed by atoms with van der Waals surface area (Å²) >= 11 is 0. The zero-order valence-electron chi connectivity index (χ0n) is 11.8. The van der Waals surface area contributed by atoms with Crippen molar-refractivity contribution in [2.24, 2.45) is 0 Å². The maximum Gasteiger partial charge on any atom is 0.185 e. The van der Waals surface area contributed by atoms with E-state index in [2.05, 4.69) is 4.98 Å². The number of phenolic OH excluding ortho intramolecular Hbond substituents is 1. The third-order valence-electron chi connectivity index (χ3n) is 3.25. The van der Waals surface area contributed by atoms with Crippen LogP contribution in [0.2, 0.25) is 0 Å². The summed E-state index contributed by atoms with van der Waals surface area (Å²) in [4.78, 5) is 16.0. The fraction of sp³-hybridized carbons (Fsp3) is 0.